The highest BCUT2D eigenvalue weighted by Crippen LogP contribution is 2.33. The maximum Gasteiger partial charge on any atom is 0.227 e. The van der Waals surface area contributed by atoms with E-state index in [0.29, 0.717) is 24.4 Å². The van der Waals surface area contributed by atoms with E-state index in [1.165, 1.54) is 12.4 Å². The minimum absolute atomic E-state index is 0.0668. The summed E-state index contributed by atoms with van der Waals surface area (Å²) in [6.07, 6.45) is 5.09. The third-order valence-corrected chi connectivity index (χ3v) is 5.10. The van der Waals surface area contributed by atoms with Crippen molar-refractivity contribution < 1.29 is 13.7 Å². The SMILES string of the molecule is Cc1cc(-c2cncnc2[C@@H]2CCCN(C(=O)Cc3ccccc3F)C2)on1. The highest BCUT2D eigenvalue weighted by Gasteiger charge is 2.28. The minimum Gasteiger partial charge on any atom is -0.356 e. The number of likely N-dealkylation sites (tertiary alicyclic amines) is 1. The van der Waals surface area contributed by atoms with Crippen molar-refractivity contribution in [2.45, 2.75) is 32.1 Å². The molecule has 0 N–H and O–H groups in total. The average molecular weight is 380 g/mol. The van der Waals surface area contributed by atoms with Crippen LogP contribution in [0.5, 0.6) is 0 Å². The van der Waals surface area contributed by atoms with Gasteiger partial charge in [-0.2, -0.15) is 0 Å². The quantitative estimate of drug-likeness (QED) is 0.692. The Hall–Kier alpha value is -3.09. The lowest BCUT2D eigenvalue weighted by Gasteiger charge is -2.33. The van der Waals surface area contributed by atoms with Crippen molar-refractivity contribution in [3.05, 3.63) is 65.6 Å². The van der Waals surface area contributed by atoms with Crippen LogP contribution in [0.1, 0.15) is 35.7 Å². The Labute approximate surface area is 162 Å². The molecule has 3 heterocycles. The van der Waals surface area contributed by atoms with Crippen LogP contribution in [0.4, 0.5) is 4.39 Å². The molecule has 1 aliphatic heterocycles. The number of amides is 1. The molecule has 7 heteroatoms. The normalized spacial score (nSPS) is 16.9. The third-order valence-electron chi connectivity index (χ3n) is 5.10. The summed E-state index contributed by atoms with van der Waals surface area (Å²) < 4.78 is 19.3. The lowest BCUT2D eigenvalue weighted by Crippen LogP contribution is -2.40. The Balaban J connectivity index is 1.53. The topological polar surface area (TPSA) is 72.1 Å². The third kappa shape index (κ3) is 3.78. The minimum atomic E-state index is -0.344. The molecular formula is C21H21FN4O2. The first kappa shape index (κ1) is 18.3. The van der Waals surface area contributed by atoms with E-state index < -0.39 is 0 Å². The van der Waals surface area contributed by atoms with E-state index in [1.54, 1.807) is 29.3 Å². The molecule has 1 amide bonds. The van der Waals surface area contributed by atoms with Crippen LogP contribution in [0.15, 0.2) is 47.4 Å². The van der Waals surface area contributed by atoms with E-state index in [4.69, 9.17) is 4.52 Å². The summed E-state index contributed by atoms with van der Waals surface area (Å²) in [4.78, 5) is 23.2. The molecule has 144 valence electrons. The second-order valence-corrected chi connectivity index (χ2v) is 7.10. The number of rotatable bonds is 4. The highest BCUT2D eigenvalue weighted by atomic mass is 19.1. The molecule has 3 aromatic rings. The fourth-order valence-electron chi connectivity index (χ4n) is 3.69. The van der Waals surface area contributed by atoms with Crippen LogP contribution in [0, 0.1) is 12.7 Å². The van der Waals surface area contributed by atoms with Crippen molar-refractivity contribution in [3.8, 4) is 11.3 Å². The van der Waals surface area contributed by atoms with Gasteiger partial charge in [-0.3, -0.25) is 4.79 Å². The molecule has 0 spiro atoms. The summed E-state index contributed by atoms with van der Waals surface area (Å²) in [5.74, 6) is 0.286. The Bertz CT molecular complexity index is 988. The van der Waals surface area contributed by atoms with Crippen LogP contribution in [0.3, 0.4) is 0 Å². The Morgan fingerprint density at radius 3 is 3.00 bits per heavy atom. The maximum atomic E-state index is 13.9. The predicted octanol–water partition coefficient (Wildman–Crippen LogP) is 3.53. The van der Waals surface area contributed by atoms with E-state index >= 15 is 0 Å². The largest absolute Gasteiger partial charge is 0.356 e. The maximum absolute atomic E-state index is 13.9. The van der Waals surface area contributed by atoms with Crippen LogP contribution >= 0.6 is 0 Å². The van der Waals surface area contributed by atoms with Crippen LogP contribution in [0.2, 0.25) is 0 Å². The van der Waals surface area contributed by atoms with Gasteiger partial charge in [-0.15, -0.1) is 0 Å². The fourth-order valence-corrected chi connectivity index (χ4v) is 3.69. The first-order chi connectivity index (χ1) is 13.6. The lowest BCUT2D eigenvalue weighted by atomic mass is 9.91. The summed E-state index contributed by atoms with van der Waals surface area (Å²) in [6, 6.07) is 8.27. The van der Waals surface area contributed by atoms with E-state index in [9.17, 15) is 9.18 Å². The van der Waals surface area contributed by atoms with Crippen LogP contribution in [-0.4, -0.2) is 39.0 Å². The summed E-state index contributed by atoms with van der Waals surface area (Å²) in [5, 5.41) is 3.95. The molecule has 0 radical (unpaired) electrons. The molecule has 1 aliphatic rings. The van der Waals surface area contributed by atoms with Crippen molar-refractivity contribution in [1.29, 1.82) is 0 Å². The molecule has 6 nitrogen and oxygen atoms in total. The van der Waals surface area contributed by atoms with Gasteiger partial charge in [-0.25, -0.2) is 14.4 Å². The monoisotopic (exact) mass is 380 g/mol. The van der Waals surface area contributed by atoms with Crippen LogP contribution in [0.25, 0.3) is 11.3 Å². The second kappa shape index (κ2) is 7.88. The Morgan fingerprint density at radius 1 is 1.36 bits per heavy atom. The number of carbonyl (C=O) groups excluding carboxylic acids is 1. The van der Waals surface area contributed by atoms with Crippen molar-refractivity contribution in [2.75, 3.05) is 13.1 Å². The van der Waals surface area contributed by atoms with E-state index in [1.807, 2.05) is 13.0 Å². The molecule has 1 atom stereocenters. The summed E-state index contributed by atoms with van der Waals surface area (Å²) >= 11 is 0. The fraction of sp³-hybridized carbons (Fsp3) is 0.333. The van der Waals surface area contributed by atoms with Crippen LogP contribution < -0.4 is 0 Å². The van der Waals surface area contributed by atoms with Gasteiger partial charge in [0, 0.05) is 31.3 Å². The zero-order valence-electron chi connectivity index (χ0n) is 15.6. The van der Waals surface area contributed by atoms with Gasteiger partial charge in [-0.1, -0.05) is 23.4 Å². The molecular weight excluding hydrogens is 359 g/mol. The number of nitrogens with zero attached hydrogens (tertiary/aromatic N) is 4. The van der Waals surface area contributed by atoms with Crippen molar-refractivity contribution >= 4 is 5.91 Å². The molecule has 1 aromatic carbocycles. The molecule has 2 aromatic heterocycles. The van der Waals surface area contributed by atoms with Gasteiger partial charge in [0.1, 0.15) is 12.1 Å². The van der Waals surface area contributed by atoms with Gasteiger partial charge >= 0.3 is 0 Å². The van der Waals surface area contributed by atoms with E-state index in [-0.39, 0.29) is 24.1 Å². The number of halogens is 1. The molecule has 1 fully saturated rings. The van der Waals surface area contributed by atoms with Crippen molar-refractivity contribution in [1.82, 2.24) is 20.0 Å². The number of benzene rings is 1. The van der Waals surface area contributed by atoms with Gasteiger partial charge in [0.15, 0.2) is 5.76 Å². The number of aryl methyl sites for hydroxylation is 1. The summed E-state index contributed by atoms with van der Waals surface area (Å²) in [7, 11) is 0. The number of hydrogen-bond acceptors (Lipinski definition) is 5. The Morgan fingerprint density at radius 2 is 2.21 bits per heavy atom. The van der Waals surface area contributed by atoms with Gasteiger partial charge in [0.05, 0.1) is 23.4 Å². The number of aromatic nitrogens is 3. The summed E-state index contributed by atoms with van der Waals surface area (Å²) in [5.41, 5.74) is 2.87. The first-order valence-electron chi connectivity index (χ1n) is 9.36. The van der Waals surface area contributed by atoms with Gasteiger partial charge in [-0.05, 0) is 31.4 Å². The molecule has 28 heavy (non-hydrogen) atoms. The molecule has 1 saturated heterocycles. The number of piperidine rings is 1. The molecule has 4 rings (SSSR count). The zero-order chi connectivity index (χ0) is 19.5. The molecule has 0 bridgehead atoms. The number of hydrogen-bond donors (Lipinski definition) is 0. The van der Waals surface area contributed by atoms with E-state index in [0.717, 1.165) is 29.8 Å². The lowest BCUT2D eigenvalue weighted by molar-refractivity contribution is -0.131. The average Bonchev–Trinajstić information content (AvgIpc) is 3.16. The smallest absolute Gasteiger partial charge is 0.227 e. The number of carbonyl (C=O) groups is 1. The van der Waals surface area contributed by atoms with Gasteiger partial charge < -0.3 is 9.42 Å². The second-order valence-electron chi connectivity index (χ2n) is 7.10. The Kier molecular flexibility index (Phi) is 5.14. The first-order valence-corrected chi connectivity index (χ1v) is 9.36. The zero-order valence-corrected chi connectivity index (χ0v) is 15.6. The highest BCUT2D eigenvalue weighted by molar-refractivity contribution is 5.79. The van der Waals surface area contributed by atoms with Crippen molar-refractivity contribution in [3.63, 3.8) is 0 Å². The standard InChI is InChI=1S/C21H21FN4O2/c1-14-9-19(28-25-14)17-11-23-13-24-21(17)16-6-4-8-26(12-16)20(27)10-15-5-2-3-7-18(15)22/h2-3,5,7,9,11,13,16H,4,6,8,10,12H2,1H3/t16-/m1/s1. The van der Waals surface area contributed by atoms with Crippen LogP contribution in [-0.2, 0) is 11.2 Å². The van der Waals surface area contributed by atoms with E-state index in [2.05, 4.69) is 15.1 Å². The predicted molar refractivity (Wildman–Crippen MR) is 101 cm³/mol. The van der Waals surface area contributed by atoms with Gasteiger partial charge in [0.25, 0.3) is 0 Å². The molecule has 0 unspecified atom stereocenters. The summed E-state index contributed by atoms with van der Waals surface area (Å²) in [6.45, 7) is 3.08. The van der Waals surface area contributed by atoms with Crippen molar-refractivity contribution in [2.24, 2.45) is 0 Å². The molecule has 0 saturated carbocycles. The van der Waals surface area contributed by atoms with Gasteiger partial charge in [0.2, 0.25) is 5.91 Å². The molecule has 0 aliphatic carbocycles.